The Morgan fingerprint density at radius 2 is 1.95 bits per heavy atom. The third-order valence-electron chi connectivity index (χ3n) is 3.87. The van der Waals surface area contributed by atoms with Crippen LogP contribution in [0.15, 0.2) is 6.20 Å². The highest BCUT2D eigenvalue weighted by Crippen LogP contribution is 2.38. The number of nitrogens with zero attached hydrogens (tertiary/aromatic N) is 2. The van der Waals surface area contributed by atoms with Crippen molar-refractivity contribution in [3.8, 4) is 0 Å². The van der Waals surface area contributed by atoms with Crippen LogP contribution in [0.4, 0.5) is 13.2 Å². The monoisotopic (exact) mass is 323 g/mol. The second kappa shape index (κ2) is 6.20. The van der Waals surface area contributed by atoms with Crippen molar-refractivity contribution in [1.29, 1.82) is 0 Å². The van der Waals surface area contributed by atoms with Gasteiger partial charge in [0.25, 0.3) is 0 Å². The molecule has 8 heteroatoms. The number of likely N-dealkylation sites (N-methyl/N-ethyl adjacent to an activating group) is 1. The standard InChI is InChI=1S/C13H20F3N3OS/c1-12(2,19-4-6-20-7-5-19)10(17-3)9-8-18-11(21-9)13(14,15)16/h8,10,17H,4-7H2,1-3H3. The maximum Gasteiger partial charge on any atom is 0.443 e. The minimum Gasteiger partial charge on any atom is -0.379 e. The van der Waals surface area contributed by atoms with Crippen LogP contribution in [0.2, 0.25) is 0 Å². The van der Waals surface area contributed by atoms with Crippen LogP contribution in [0.3, 0.4) is 0 Å². The maximum atomic E-state index is 12.7. The SMILES string of the molecule is CNC(c1cnc(C(F)(F)F)s1)C(C)(C)N1CCOCC1. The Morgan fingerprint density at radius 3 is 2.43 bits per heavy atom. The molecule has 120 valence electrons. The van der Waals surface area contributed by atoms with Crippen LogP contribution in [-0.4, -0.2) is 48.8 Å². The van der Waals surface area contributed by atoms with Gasteiger partial charge in [-0.05, 0) is 20.9 Å². The van der Waals surface area contributed by atoms with Crippen molar-refractivity contribution in [3.05, 3.63) is 16.1 Å². The van der Waals surface area contributed by atoms with Crippen LogP contribution in [0.25, 0.3) is 0 Å². The van der Waals surface area contributed by atoms with Crippen molar-refractivity contribution in [2.24, 2.45) is 0 Å². The Balaban J connectivity index is 2.23. The van der Waals surface area contributed by atoms with Gasteiger partial charge in [-0.15, -0.1) is 11.3 Å². The van der Waals surface area contributed by atoms with E-state index in [4.69, 9.17) is 4.74 Å². The summed E-state index contributed by atoms with van der Waals surface area (Å²) < 4.78 is 43.5. The summed E-state index contributed by atoms with van der Waals surface area (Å²) in [6.07, 6.45) is -3.05. The highest BCUT2D eigenvalue weighted by atomic mass is 32.1. The third kappa shape index (κ3) is 3.56. The first-order valence-corrected chi connectivity index (χ1v) is 7.61. The molecule has 2 heterocycles. The fourth-order valence-corrected chi connectivity index (χ4v) is 3.79. The maximum absolute atomic E-state index is 12.7. The molecule has 1 aromatic rings. The zero-order valence-corrected chi connectivity index (χ0v) is 13.1. The Morgan fingerprint density at radius 1 is 1.33 bits per heavy atom. The number of halogens is 3. The van der Waals surface area contributed by atoms with Crippen LogP contribution in [-0.2, 0) is 10.9 Å². The molecule has 21 heavy (non-hydrogen) atoms. The van der Waals surface area contributed by atoms with E-state index >= 15 is 0 Å². The van der Waals surface area contributed by atoms with Gasteiger partial charge in [0.05, 0.1) is 19.3 Å². The molecule has 1 saturated heterocycles. The number of morpholine rings is 1. The molecule has 1 unspecified atom stereocenters. The molecule has 1 aromatic heterocycles. The average Bonchev–Trinajstić information content (AvgIpc) is 2.90. The van der Waals surface area contributed by atoms with Gasteiger partial charge in [-0.3, -0.25) is 4.90 Å². The predicted octanol–water partition coefficient (Wildman–Crippen LogP) is 2.53. The number of nitrogens with one attached hydrogen (secondary N) is 1. The summed E-state index contributed by atoms with van der Waals surface area (Å²) in [6, 6.07) is -0.218. The van der Waals surface area contributed by atoms with Crippen LogP contribution in [0.1, 0.15) is 29.8 Å². The fraction of sp³-hybridized carbons (Fsp3) is 0.769. The van der Waals surface area contributed by atoms with Gasteiger partial charge in [0.15, 0.2) is 5.01 Å². The molecule has 0 radical (unpaired) electrons. The van der Waals surface area contributed by atoms with Gasteiger partial charge in [0.2, 0.25) is 0 Å². The summed E-state index contributed by atoms with van der Waals surface area (Å²) in [6.45, 7) is 6.91. The molecule has 4 nitrogen and oxygen atoms in total. The molecule has 0 bridgehead atoms. The highest BCUT2D eigenvalue weighted by Gasteiger charge is 2.40. The molecule has 1 atom stereocenters. The molecular weight excluding hydrogens is 303 g/mol. The normalized spacial score (nSPS) is 19.7. The number of alkyl halides is 3. The zero-order chi connectivity index (χ0) is 15.7. The van der Waals surface area contributed by atoms with E-state index in [1.54, 1.807) is 7.05 Å². The second-order valence-corrected chi connectivity index (χ2v) is 6.60. The van der Waals surface area contributed by atoms with E-state index in [1.165, 1.54) is 6.20 Å². The Hall–Kier alpha value is -0.700. The second-order valence-electron chi connectivity index (χ2n) is 5.54. The first-order valence-electron chi connectivity index (χ1n) is 6.80. The lowest BCUT2D eigenvalue weighted by Crippen LogP contribution is -2.55. The van der Waals surface area contributed by atoms with Gasteiger partial charge in [-0.25, -0.2) is 4.98 Å². The lowest BCUT2D eigenvalue weighted by Gasteiger charge is -2.45. The Labute approximate surface area is 126 Å². The molecule has 2 rings (SSSR count). The Bertz CT molecular complexity index is 469. The molecule has 1 fully saturated rings. The predicted molar refractivity (Wildman–Crippen MR) is 75.4 cm³/mol. The highest BCUT2D eigenvalue weighted by molar-refractivity contribution is 7.11. The largest absolute Gasteiger partial charge is 0.443 e. The van der Waals surface area contributed by atoms with Crippen LogP contribution >= 0.6 is 11.3 Å². The average molecular weight is 323 g/mol. The van der Waals surface area contributed by atoms with Gasteiger partial charge in [0, 0.05) is 29.7 Å². The first kappa shape index (κ1) is 16.7. The van der Waals surface area contributed by atoms with E-state index in [2.05, 4.69) is 15.2 Å². The number of hydrogen-bond donors (Lipinski definition) is 1. The van der Waals surface area contributed by atoms with Crippen molar-refractivity contribution in [1.82, 2.24) is 15.2 Å². The summed E-state index contributed by atoms with van der Waals surface area (Å²) >= 11 is 0.707. The van der Waals surface area contributed by atoms with Crippen LogP contribution < -0.4 is 5.32 Å². The van der Waals surface area contributed by atoms with Crippen molar-refractivity contribution in [3.63, 3.8) is 0 Å². The van der Waals surface area contributed by atoms with Gasteiger partial charge in [0.1, 0.15) is 0 Å². The van der Waals surface area contributed by atoms with Crippen LogP contribution in [0, 0.1) is 0 Å². The lowest BCUT2D eigenvalue weighted by molar-refractivity contribution is -0.137. The molecule has 0 amide bonds. The smallest absolute Gasteiger partial charge is 0.379 e. The van der Waals surface area contributed by atoms with Crippen LogP contribution in [0.5, 0.6) is 0 Å². The minimum atomic E-state index is -4.38. The Kier molecular flexibility index (Phi) is 4.92. The van der Waals surface area contributed by atoms with E-state index in [0.29, 0.717) is 29.4 Å². The molecule has 1 aliphatic heterocycles. The fourth-order valence-electron chi connectivity index (χ4n) is 2.72. The summed E-state index contributed by atoms with van der Waals surface area (Å²) in [5.41, 5.74) is -0.325. The molecule has 1 N–H and O–H groups in total. The van der Waals surface area contributed by atoms with Crippen molar-refractivity contribution < 1.29 is 17.9 Å². The number of ether oxygens (including phenoxy) is 1. The number of hydrogen-bond acceptors (Lipinski definition) is 5. The summed E-state index contributed by atoms with van der Waals surface area (Å²) in [5, 5.41) is 2.35. The van der Waals surface area contributed by atoms with Gasteiger partial charge < -0.3 is 10.1 Å². The zero-order valence-electron chi connectivity index (χ0n) is 12.3. The number of aromatic nitrogens is 1. The van der Waals surface area contributed by atoms with E-state index in [0.717, 1.165) is 13.1 Å². The minimum absolute atomic E-state index is 0.218. The van der Waals surface area contributed by atoms with Gasteiger partial charge in [-0.1, -0.05) is 0 Å². The van der Waals surface area contributed by atoms with E-state index in [9.17, 15) is 13.2 Å². The number of rotatable bonds is 4. The third-order valence-corrected chi connectivity index (χ3v) is 4.98. The summed E-state index contributed by atoms with van der Waals surface area (Å²) in [4.78, 5) is 6.36. The molecule has 0 aliphatic carbocycles. The van der Waals surface area contributed by atoms with Crippen molar-refractivity contribution >= 4 is 11.3 Å². The van der Waals surface area contributed by atoms with E-state index in [1.807, 2.05) is 13.8 Å². The van der Waals surface area contributed by atoms with Crippen molar-refractivity contribution in [2.45, 2.75) is 31.6 Å². The van der Waals surface area contributed by atoms with E-state index < -0.39 is 11.2 Å². The number of thiazole rings is 1. The first-order chi connectivity index (χ1) is 9.76. The topological polar surface area (TPSA) is 37.4 Å². The molecule has 0 aromatic carbocycles. The molecule has 1 aliphatic rings. The quantitative estimate of drug-likeness (QED) is 0.924. The summed E-state index contributed by atoms with van der Waals surface area (Å²) in [5.74, 6) is 0. The molecule has 0 saturated carbocycles. The van der Waals surface area contributed by atoms with Gasteiger partial charge in [-0.2, -0.15) is 13.2 Å². The molecule has 0 spiro atoms. The van der Waals surface area contributed by atoms with E-state index in [-0.39, 0.29) is 11.6 Å². The van der Waals surface area contributed by atoms with Gasteiger partial charge >= 0.3 is 6.18 Å². The molecular formula is C13H20F3N3OS. The summed E-state index contributed by atoms with van der Waals surface area (Å²) in [7, 11) is 1.76. The van der Waals surface area contributed by atoms with Crippen molar-refractivity contribution in [2.75, 3.05) is 33.4 Å². The lowest BCUT2D eigenvalue weighted by atomic mass is 9.91.